The lowest BCUT2D eigenvalue weighted by atomic mass is 10.0. The van der Waals surface area contributed by atoms with Gasteiger partial charge in [-0.3, -0.25) is 0 Å². The van der Waals surface area contributed by atoms with E-state index in [0.717, 1.165) is 12.8 Å². The maximum Gasteiger partial charge on any atom is 0.211 e. The third-order valence-electron chi connectivity index (χ3n) is 3.58. The van der Waals surface area contributed by atoms with Crippen LogP contribution in [0.25, 0.3) is 0 Å². The van der Waals surface area contributed by atoms with Crippen LogP contribution in [0.4, 0.5) is 4.39 Å². The Morgan fingerprint density at radius 2 is 2.24 bits per heavy atom. The molecule has 1 aromatic carbocycles. The van der Waals surface area contributed by atoms with Crippen LogP contribution in [0.15, 0.2) is 18.2 Å². The predicted molar refractivity (Wildman–Crippen MR) is 80.6 cm³/mol. The number of nitrogens with zero attached hydrogens (tertiary/aromatic N) is 1. The van der Waals surface area contributed by atoms with Crippen LogP contribution in [0.2, 0.25) is 0 Å². The molecule has 1 aromatic rings. The molecule has 0 radical (unpaired) electrons. The van der Waals surface area contributed by atoms with Crippen molar-refractivity contribution in [1.82, 2.24) is 4.31 Å². The lowest BCUT2D eigenvalue weighted by Gasteiger charge is -2.30. The molecule has 118 valence electrons. The lowest BCUT2D eigenvalue weighted by Crippen LogP contribution is -2.40. The molecule has 1 atom stereocenters. The van der Waals surface area contributed by atoms with Crippen LogP contribution in [-0.4, -0.2) is 38.7 Å². The van der Waals surface area contributed by atoms with Gasteiger partial charge in [0.25, 0.3) is 0 Å². The van der Waals surface area contributed by atoms with Gasteiger partial charge in [0.05, 0.1) is 12.9 Å². The van der Waals surface area contributed by atoms with Gasteiger partial charge in [-0.2, -0.15) is 0 Å². The minimum Gasteiger partial charge on any atom is -0.490 e. The van der Waals surface area contributed by atoms with E-state index in [9.17, 15) is 12.8 Å². The lowest BCUT2D eigenvalue weighted by molar-refractivity contribution is 0.176. The van der Waals surface area contributed by atoms with E-state index in [1.54, 1.807) is 12.1 Å². The number of alkyl halides is 1. The Morgan fingerprint density at radius 1 is 1.48 bits per heavy atom. The molecule has 0 amide bonds. The average molecular weight is 336 g/mol. The maximum absolute atomic E-state index is 13.8. The van der Waals surface area contributed by atoms with Crippen molar-refractivity contribution in [3.05, 3.63) is 29.6 Å². The van der Waals surface area contributed by atoms with Crippen LogP contribution in [0, 0.1) is 11.7 Å². The first-order chi connectivity index (χ1) is 9.90. The fourth-order valence-corrected chi connectivity index (χ4v) is 3.52. The van der Waals surface area contributed by atoms with E-state index in [2.05, 4.69) is 0 Å². The van der Waals surface area contributed by atoms with Gasteiger partial charge in [0.1, 0.15) is 0 Å². The number of sulfonamides is 1. The highest BCUT2D eigenvalue weighted by atomic mass is 35.5. The maximum atomic E-state index is 13.8. The van der Waals surface area contributed by atoms with Crippen molar-refractivity contribution >= 4 is 21.6 Å². The van der Waals surface area contributed by atoms with E-state index in [4.69, 9.17) is 16.3 Å². The molecule has 4 nitrogen and oxygen atoms in total. The Kier molecular flexibility index (Phi) is 5.46. The third-order valence-corrected chi connectivity index (χ3v) is 5.15. The highest BCUT2D eigenvalue weighted by Crippen LogP contribution is 2.23. The number of piperidine rings is 1. The highest BCUT2D eigenvalue weighted by Gasteiger charge is 2.26. The monoisotopic (exact) mass is 335 g/mol. The molecule has 0 spiro atoms. The summed E-state index contributed by atoms with van der Waals surface area (Å²) >= 11 is 5.64. The summed E-state index contributed by atoms with van der Waals surface area (Å²) in [4.78, 5) is 0. The van der Waals surface area contributed by atoms with Gasteiger partial charge in [0.15, 0.2) is 11.6 Å². The predicted octanol–water partition coefficient (Wildman–Crippen LogP) is 2.61. The molecule has 0 saturated carbocycles. The highest BCUT2D eigenvalue weighted by molar-refractivity contribution is 7.88. The van der Waals surface area contributed by atoms with E-state index in [0.29, 0.717) is 25.3 Å². The van der Waals surface area contributed by atoms with Crippen LogP contribution in [-0.2, 0) is 15.9 Å². The summed E-state index contributed by atoms with van der Waals surface area (Å²) in [6.45, 7) is 1.29. The van der Waals surface area contributed by atoms with E-state index in [1.807, 2.05) is 0 Å². The largest absolute Gasteiger partial charge is 0.490 e. The summed E-state index contributed by atoms with van der Waals surface area (Å²) < 4.78 is 43.8. The number of ether oxygens (including phenoxy) is 1. The minimum atomic E-state index is -3.17. The number of benzene rings is 1. The quantitative estimate of drug-likeness (QED) is 0.777. The van der Waals surface area contributed by atoms with Gasteiger partial charge < -0.3 is 4.74 Å². The molecule has 1 fully saturated rings. The van der Waals surface area contributed by atoms with Gasteiger partial charge in [-0.15, -0.1) is 11.6 Å². The zero-order valence-electron chi connectivity index (χ0n) is 11.9. The summed E-state index contributed by atoms with van der Waals surface area (Å²) in [6, 6.07) is 4.63. The summed E-state index contributed by atoms with van der Waals surface area (Å²) in [7, 11) is -3.17. The molecular weight excluding hydrogens is 317 g/mol. The number of rotatable bonds is 5. The van der Waals surface area contributed by atoms with Crippen LogP contribution in [0.3, 0.4) is 0 Å². The molecule has 0 bridgehead atoms. The van der Waals surface area contributed by atoms with Gasteiger partial charge in [0, 0.05) is 24.9 Å². The van der Waals surface area contributed by atoms with Gasteiger partial charge in [-0.05, 0) is 30.5 Å². The second-order valence-electron chi connectivity index (χ2n) is 5.34. The molecule has 1 aliphatic rings. The summed E-state index contributed by atoms with van der Waals surface area (Å²) in [5, 5.41) is 0. The summed E-state index contributed by atoms with van der Waals surface area (Å²) in [5.74, 6) is 0.0771. The Bertz CT molecular complexity index is 594. The fraction of sp³-hybridized carbons (Fsp3) is 0.571. The SMILES string of the molecule is CS(=O)(=O)N1CCCC(COc2ccc(CCl)cc2F)C1. The average Bonchev–Trinajstić information content (AvgIpc) is 2.45. The first-order valence-electron chi connectivity index (χ1n) is 6.82. The molecule has 21 heavy (non-hydrogen) atoms. The molecular formula is C14H19ClFNO3S. The first kappa shape index (κ1) is 16.5. The Hall–Kier alpha value is -0.850. The van der Waals surface area contributed by atoms with E-state index >= 15 is 0 Å². The van der Waals surface area contributed by atoms with Gasteiger partial charge in [0.2, 0.25) is 10.0 Å². The molecule has 1 aliphatic heterocycles. The van der Waals surface area contributed by atoms with Crippen molar-refractivity contribution in [3.8, 4) is 5.75 Å². The van der Waals surface area contributed by atoms with Gasteiger partial charge >= 0.3 is 0 Å². The van der Waals surface area contributed by atoms with Gasteiger partial charge in [-0.1, -0.05) is 6.07 Å². The third kappa shape index (κ3) is 4.56. The minimum absolute atomic E-state index is 0.0839. The van der Waals surface area contributed by atoms with E-state index < -0.39 is 15.8 Å². The van der Waals surface area contributed by atoms with Crippen molar-refractivity contribution < 1.29 is 17.5 Å². The number of hydrogen-bond donors (Lipinski definition) is 0. The van der Waals surface area contributed by atoms with Crippen LogP contribution < -0.4 is 4.74 Å². The van der Waals surface area contributed by atoms with Crippen molar-refractivity contribution in [2.75, 3.05) is 26.0 Å². The smallest absolute Gasteiger partial charge is 0.211 e. The molecule has 0 aliphatic carbocycles. The van der Waals surface area contributed by atoms with Crippen LogP contribution >= 0.6 is 11.6 Å². The molecule has 2 rings (SSSR count). The Morgan fingerprint density at radius 3 is 2.86 bits per heavy atom. The second-order valence-corrected chi connectivity index (χ2v) is 7.59. The molecule has 0 aromatic heterocycles. The topological polar surface area (TPSA) is 46.6 Å². The molecule has 1 unspecified atom stereocenters. The van der Waals surface area contributed by atoms with Crippen molar-refractivity contribution in [2.45, 2.75) is 18.7 Å². The molecule has 1 heterocycles. The van der Waals surface area contributed by atoms with Crippen LogP contribution in [0.5, 0.6) is 5.75 Å². The summed E-state index contributed by atoms with van der Waals surface area (Å²) in [5.41, 5.74) is 0.697. The van der Waals surface area contributed by atoms with Gasteiger partial charge in [-0.25, -0.2) is 17.1 Å². The van der Waals surface area contributed by atoms with Crippen molar-refractivity contribution in [1.29, 1.82) is 0 Å². The second kappa shape index (κ2) is 6.94. The zero-order valence-corrected chi connectivity index (χ0v) is 13.5. The van der Waals surface area contributed by atoms with Crippen molar-refractivity contribution in [3.63, 3.8) is 0 Å². The van der Waals surface area contributed by atoms with Crippen LogP contribution in [0.1, 0.15) is 18.4 Å². The zero-order chi connectivity index (χ0) is 15.5. The number of halogens is 2. The molecule has 1 saturated heterocycles. The normalized spacial score (nSPS) is 20.4. The van der Waals surface area contributed by atoms with Crippen molar-refractivity contribution in [2.24, 2.45) is 5.92 Å². The number of hydrogen-bond acceptors (Lipinski definition) is 3. The standard InChI is InChI=1S/C14H19ClFNO3S/c1-21(18,19)17-6-2-3-12(9-17)10-20-14-5-4-11(8-15)7-13(14)16/h4-5,7,12H,2-3,6,8-10H2,1H3. The summed E-state index contributed by atoms with van der Waals surface area (Å²) in [6.07, 6.45) is 2.89. The van der Waals surface area contributed by atoms with E-state index in [-0.39, 0.29) is 17.5 Å². The molecule has 0 N–H and O–H groups in total. The Labute approximate surface area is 129 Å². The Balaban J connectivity index is 1.94. The fourth-order valence-electron chi connectivity index (χ4n) is 2.42. The first-order valence-corrected chi connectivity index (χ1v) is 9.20. The molecule has 7 heteroatoms. The van der Waals surface area contributed by atoms with E-state index in [1.165, 1.54) is 16.6 Å².